The summed E-state index contributed by atoms with van der Waals surface area (Å²) in [5.41, 5.74) is 0.552. The first kappa shape index (κ1) is 10.6. The van der Waals surface area contributed by atoms with Crippen LogP contribution in [0.2, 0.25) is 0 Å². The Morgan fingerprint density at radius 1 is 1.31 bits per heavy atom. The summed E-state index contributed by atoms with van der Waals surface area (Å²) in [7, 11) is 2.68. The van der Waals surface area contributed by atoms with Crippen LogP contribution in [-0.4, -0.2) is 47.6 Å². The molecule has 6 nitrogen and oxygen atoms in total. The molecule has 0 saturated carbocycles. The Bertz CT molecular complexity index is 436. The SMILES string of the molecule is CON1C(=O)C(=O)[N+](OC)=C2C=CC=CC21. The zero-order valence-electron chi connectivity index (χ0n) is 8.91. The summed E-state index contributed by atoms with van der Waals surface area (Å²) in [5.74, 6) is -1.52. The molecule has 0 radical (unpaired) electrons. The Morgan fingerprint density at radius 2 is 2.06 bits per heavy atom. The molecule has 6 heteroatoms. The van der Waals surface area contributed by atoms with E-state index in [0.717, 1.165) is 9.80 Å². The van der Waals surface area contributed by atoms with Crippen LogP contribution in [-0.2, 0) is 19.3 Å². The van der Waals surface area contributed by atoms with Crippen molar-refractivity contribution in [2.45, 2.75) is 6.04 Å². The quantitative estimate of drug-likeness (QED) is 0.464. The highest BCUT2D eigenvalue weighted by molar-refractivity contribution is 6.34. The second kappa shape index (κ2) is 3.90. The summed E-state index contributed by atoms with van der Waals surface area (Å²) in [6, 6.07) is -0.430. The lowest BCUT2D eigenvalue weighted by atomic mass is 10.0. The molecule has 2 amide bonds. The van der Waals surface area contributed by atoms with E-state index in [1.807, 2.05) is 0 Å². The van der Waals surface area contributed by atoms with Gasteiger partial charge in [-0.1, -0.05) is 12.2 Å². The predicted molar refractivity (Wildman–Crippen MR) is 53.2 cm³/mol. The van der Waals surface area contributed by atoms with Crippen molar-refractivity contribution < 1.29 is 24.0 Å². The fraction of sp³-hybridized carbons (Fsp3) is 0.300. The second-order valence-corrected chi connectivity index (χ2v) is 3.21. The maximum atomic E-state index is 11.6. The molecule has 1 aliphatic heterocycles. The number of hydrogen-bond acceptors (Lipinski definition) is 4. The molecule has 2 aliphatic rings. The summed E-state index contributed by atoms with van der Waals surface area (Å²) < 4.78 is 0.975. The number of fused-ring (bicyclic) bond motifs is 1. The van der Waals surface area contributed by atoms with Crippen LogP contribution in [0.4, 0.5) is 0 Å². The van der Waals surface area contributed by atoms with E-state index < -0.39 is 17.9 Å². The van der Waals surface area contributed by atoms with Crippen molar-refractivity contribution in [1.82, 2.24) is 5.06 Å². The van der Waals surface area contributed by atoms with Crippen molar-refractivity contribution in [1.29, 1.82) is 0 Å². The van der Waals surface area contributed by atoms with E-state index in [1.165, 1.54) is 14.2 Å². The van der Waals surface area contributed by atoms with Gasteiger partial charge in [0.05, 0.1) is 11.8 Å². The van der Waals surface area contributed by atoms with Crippen LogP contribution >= 0.6 is 0 Å². The van der Waals surface area contributed by atoms with Gasteiger partial charge in [-0.05, 0) is 6.08 Å². The number of carbonyl (C=O) groups is 2. The lowest BCUT2D eigenvalue weighted by Gasteiger charge is -2.27. The summed E-state index contributed by atoms with van der Waals surface area (Å²) >= 11 is 0. The number of hydroxylamine groups is 3. The molecule has 0 fully saturated rings. The van der Waals surface area contributed by atoms with Crippen molar-refractivity contribution in [3.05, 3.63) is 24.3 Å². The highest BCUT2D eigenvalue weighted by Gasteiger charge is 2.49. The minimum Gasteiger partial charge on any atom is -0.273 e. The topological polar surface area (TPSA) is 58.8 Å². The Hall–Kier alpha value is -1.95. The molecule has 0 N–H and O–H groups in total. The van der Waals surface area contributed by atoms with Crippen molar-refractivity contribution in [2.75, 3.05) is 14.2 Å². The average molecular weight is 223 g/mol. The molecule has 1 atom stereocenters. The third-order valence-corrected chi connectivity index (χ3v) is 2.41. The van der Waals surface area contributed by atoms with Gasteiger partial charge in [0.1, 0.15) is 7.11 Å². The molecular weight excluding hydrogens is 212 g/mol. The Balaban J connectivity index is 2.55. The monoisotopic (exact) mass is 223 g/mol. The molecule has 0 saturated heterocycles. The third-order valence-electron chi connectivity index (χ3n) is 2.41. The first-order valence-corrected chi connectivity index (χ1v) is 4.68. The molecule has 1 aliphatic carbocycles. The largest absolute Gasteiger partial charge is 0.526 e. The van der Waals surface area contributed by atoms with Gasteiger partial charge in [0.15, 0.2) is 6.04 Å². The Morgan fingerprint density at radius 3 is 2.69 bits per heavy atom. The molecule has 84 valence electrons. The zero-order chi connectivity index (χ0) is 11.7. The Labute approximate surface area is 92.0 Å². The lowest BCUT2D eigenvalue weighted by molar-refractivity contribution is -0.712. The molecule has 1 unspecified atom stereocenters. The second-order valence-electron chi connectivity index (χ2n) is 3.21. The maximum Gasteiger partial charge on any atom is 0.526 e. The van der Waals surface area contributed by atoms with E-state index in [-0.39, 0.29) is 0 Å². The van der Waals surface area contributed by atoms with Crippen LogP contribution in [0.3, 0.4) is 0 Å². The molecule has 0 bridgehead atoms. The van der Waals surface area contributed by atoms with Gasteiger partial charge in [-0.2, -0.15) is 5.06 Å². The number of hydrogen-bond donors (Lipinski definition) is 0. The third kappa shape index (κ3) is 1.35. The van der Waals surface area contributed by atoms with Crippen molar-refractivity contribution >= 4 is 17.5 Å². The van der Waals surface area contributed by atoms with Crippen LogP contribution in [0, 0.1) is 0 Å². The van der Waals surface area contributed by atoms with Crippen molar-refractivity contribution in [3.63, 3.8) is 0 Å². The zero-order valence-corrected chi connectivity index (χ0v) is 8.91. The van der Waals surface area contributed by atoms with Crippen LogP contribution in [0.25, 0.3) is 0 Å². The molecule has 16 heavy (non-hydrogen) atoms. The van der Waals surface area contributed by atoms with Gasteiger partial charge in [-0.3, -0.25) is 14.5 Å². The van der Waals surface area contributed by atoms with Crippen LogP contribution in [0.15, 0.2) is 24.3 Å². The van der Waals surface area contributed by atoms with Gasteiger partial charge in [0, 0.05) is 6.08 Å². The number of allylic oxidation sites excluding steroid dienone is 2. The predicted octanol–water partition coefficient (Wildman–Crippen LogP) is -0.574. The van der Waals surface area contributed by atoms with E-state index in [1.54, 1.807) is 24.3 Å². The number of rotatable bonds is 2. The lowest BCUT2D eigenvalue weighted by Crippen LogP contribution is -2.56. The summed E-state index contributed by atoms with van der Waals surface area (Å²) in [4.78, 5) is 33.1. The van der Waals surface area contributed by atoms with Gasteiger partial charge in [-0.15, -0.1) is 0 Å². The van der Waals surface area contributed by atoms with E-state index in [2.05, 4.69) is 0 Å². The average Bonchev–Trinajstić information content (AvgIpc) is 2.31. The van der Waals surface area contributed by atoms with E-state index >= 15 is 0 Å². The van der Waals surface area contributed by atoms with E-state index in [4.69, 9.17) is 9.68 Å². The van der Waals surface area contributed by atoms with E-state index in [9.17, 15) is 9.59 Å². The first-order valence-electron chi connectivity index (χ1n) is 4.68. The molecular formula is C10H11N2O4+. The Kier molecular flexibility index (Phi) is 2.57. The summed E-state index contributed by atoms with van der Waals surface area (Å²) in [5, 5.41) is 1.02. The van der Waals surface area contributed by atoms with Crippen LogP contribution in [0.1, 0.15) is 0 Å². The van der Waals surface area contributed by atoms with Crippen LogP contribution < -0.4 is 0 Å². The van der Waals surface area contributed by atoms with Gasteiger partial charge < -0.3 is 0 Å². The first-order chi connectivity index (χ1) is 7.70. The van der Waals surface area contributed by atoms with Crippen LogP contribution in [0.5, 0.6) is 0 Å². The standard InChI is InChI=1S/C10H11N2O4/c1-15-11-7-5-3-4-6-8(7)12(16-2)10(14)9(11)13/h3-7H,1-2H3/q+1. The minimum atomic E-state index is -0.768. The number of amides is 2. The van der Waals surface area contributed by atoms with Gasteiger partial charge >= 0.3 is 11.8 Å². The minimum absolute atomic E-state index is 0.430. The fourth-order valence-electron chi connectivity index (χ4n) is 1.72. The molecule has 1 heterocycles. The molecule has 0 aromatic heterocycles. The summed E-state index contributed by atoms with van der Waals surface area (Å²) in [6.45, 7) is 0. The smallest absolute Gasteiger partial charge is 0.273 e. The van der Waals surface area contributed by atoms with E-state index in [0.29, 0.717) is 5.71 Å². The van der Waals surface area contributed by atoms with Gasteiger partial charge in [0.25, 0.3) is 5.71 Å². The fourth-order valence-corrected chi connectivity index (χ4v) is 1.72. The van der Waals surface area contributed by atoms with Crippen molar-refractivity contribution in [2.24, 2.45) is 0 Å². The molecule has 0 aromatic rings. The highest BCUT2D eigenvalue weighted by atomic mass is 16.7. The molecule has 0 spiro atoms. The number of nitrogens with zero attached hydrogens (tertiary/aromatic N) is 2. The van der Waals surface area contributed by atoms with Gasteiger partial charge in [0.2, 0.25) is 0 Å². The summed E-state index contributed by atoms with van der Waals surface area (Å²) in [6.07, 6.45) is 6.98. The van der Waals surface area contributed by atoms with Gasteiger partial charge in [-0.25, -0.2) is 4.79 Å². The van der Waals surface area contributed by atoms with Crippen molar-refractivity contribution in [3.8, 4) is 0 Å². The normalized spacial score (nSPS) is 23.9. The maximum absolute atomic E-state index is 11.6. The molecule has 2 rings (SSSR count). The number of carbonyl (C=O) groups excluding carboxylic acids is 2. The highest BCUT2D eigenvalue weighted by Crippen LogP contribution is 2.15. The molecule has 0 aromatic carbocycles.